The van der Waals surface area contributed by atoms with Crippen molar-refractivity contribution in [2.24, 2.45) is 0 Å². The zero-order valence-electron chi connectivity index (χ0n) is 10.2. The van der Waals surface area contributed by atoms with Crippen molar-refractivity contribution in [1.82, 2.24) is 5.16 Å². The first-order chi connectivity index (χ1) is 8.08. The van der Waals surface area contributed by atoms with Gasteiger partial charge in [0.1, 0.15) is 5.76 Å². The van der Waals surface area contributed by atoms with Gasteiger partial charge in [-0.3, -0.25) is 0 Å². The number of hydrogen-bond acceptors (Lipinski definition) is 3. The summed E-state index contributed by atoms with van der Waals surface area (Å²) in [5.41, 5.74) is 4.39. The Morgan fingerprint density at radius 1 is 1.29 bits per heavy atom. The van der Waals surface area contributed by atoms with Crippen molar-refractivity contribution in [3.05, 3.63) is 45.3 Å². The van der Waals surface area contributed by atoms with E-state index in [1.165, 1.54) is 5.56 Å². The van der Waals surface area contributed by atoms with Crippen LogP contribution in [-0.4, -0.2) is 5.16 Å². The van der Waals surface area contributed by atoms with Crippen LogP contribution in [0.2, 0.25) is 0 Å². The van der Waals surface area contributed by atoms with Crippen molar-refractivity contribution < 1.29 is 4.52 Å². The molecule has 2 rings (SSSR count). The number of halogens is 1. The molecule has 1 aromatic heterocycles. The van der Waals surface area contributed by atoms with Gasteiger partial charge in [0.2, 0.25) is 0 Å². The van der Waals surface area contributed by atoms with Gasteiger partial charge in [-0.1, -0.05) is 11.2 Å². The first-order valence-electron chi connectivity index (χ1n) is 5.49. The molecule has 0 saturated heterocycles. The fraction of sp³-hybridized carbons (Fsp3) is 0.308. The predicted molar refractivity (Wildman–Crippen MR) is 72.2 cm³/mol. The molecule has 0 aliphatic rings. The van der Waals surface area contributed by atoms with Gasteiger partial charge in [-0.25, -0.2) is 0 Å². The summed E-state index contributed by atoms with van der Waals surface area (Å²) in [7, 11) is 0. The molecular weight excluding hydrogens is 280 g/mol. The lowest BCUT2D eigenvalue weighted by Crippen LogP contribution is -2.02. The summed E-state index contributed by atoms with van der Waals surface area (Å²) in [4.78, 5) is 0. The summed E-state index contributed by atoms with van der Waals surface area (Å²) < 4.78 is 6.20. The Kier molecular flexibility index (Phi) is 3.52. The van der Waals surface area contributed by atoms with E-state index in [1.54, 1.807) is 0 Å². The van der Waals surface area contributed by atoms with Gasteiger partial charge in [0, 0.05) is 22.3 Å². The summed E-state index contributed by atoms with van der Waals surface area (Å²) in [6.45, 7) is 6.69. The van der Waals surface area contributed by atoms with Gasteiger partial charge in [-0.05, 0) is 54.4 Å². The maximum Gasteiger partial charge on any atom is 0.138 e. The van der Waals surface area contributed by atoms with E-state index < -0.39 is 0 Å². The second-order valence-corrected chi connectivity index (χ2v) is 4.99. The maximum absolute atomic E-state index is 5.14. The summed E-state index contributed by atoms with van der Waals surface area (Å²) in [6.07, 6.45) is 0. The number of aromatic nitrogens is 1. The molecule has 17 heavy (non-hydrogen) atoms. The molecule has 0 aliphatic heterocycles. The first-order valence-corrected chi connectivity index (χ1v) is 6.29. The molecule has 90 valence electrons. The van der Waals surface area contributed by atoms with E-state index in [4.69, 9.17) is 4.52 Å². The van der Waals surface area contributed by atoms with Gasteiger partial charge < -0.3 is 9.84 Å². The molecule has 0 radical (unpaired) electrons. The zero-order chi connectivity index (χ0) is 12.4. The fourth-order valence-corrected chi connectivity index (χ4v) is 2.10. The van der Waals surface area contributed by atoms with E-state index >= 15 is 0 Å². The highest BCUT2D eigenvalue weighted by atomic mass is 79.9. The number of nitrogens with one attached hydrogen (secondary N) is 1. The second-order valence-electron chi connectivity index (χ2n) is 4.14. The molecule has 3 nitrogen and oxygen atoms in total. The highest BCUT2D eigenvalue weighted by Crippen LogP contribution is 2.24. The maximum atomic E-state index is 5.14. The normalized spacial score (nSPS) is 10.6. The summed E-state index contributed by atoms with van der Waals surface area (Å²) in [5, 5.41) is 7.33. The van der Waals surface area contributed by atoms with Crippen LogP contribution in [0.4, 0.5) is 5.69 Å². The third kappa shape index (κ3) is 2.69. The van der Waals surface area contributed by atoms with Gasteiger partial charge >= 0.3 is 0 Å². The van der Waals surface area contributed by atoms with Crippen LogP contribution in [0.5, 0.6) is 0 Å². The van der Waals surface area contributed by atoms with Crippen LogP contribution in [-0.2, 0) is 6.54 Å². The van der Waals surface area contributed by atoms with Crippen molar-refractivity contribution in [2.75, 3.05) is 5.32 Å². The Labute approximate surface area is 109 Å². The average molecular weight is 295 g/mol. The van der Waals surface area contributed by atoms with Crippen LogP contribution < -0.4 is 5.32 Å². The number of rotatable bonds is 3. The Morgan fingerprint density at radius 3 is 2.71 bits per heavy atom. The van der Waals surface area contributed by atoms with Crippen molar-refractivity contribution in [3.63, 3.8) is 0 Å². The van der Waals surface area contributed by atoms with Crippen molar-refractivity contribution in [2.45, 2.75) is 27.3 Å². The van der Waals surface area contributed by atoms with Gasteiger partial charge in [-0.15, -0.1) is 0 Å². The molecule has 1 N–H and O–H groups in total. The first kappa shape index (κ1) is 12.2. The lowest BCUT2D eigenvalue weighted by molar-refractivity contribution is 0.392. The van der Waals surface area contributed by atoms with Gasteiger partial charge in [0.15, 0.2) is 0 Å². The smallest absolute Gasteiger partial charge is 0.138 e. The molecule has 0 aliphatic carbocycles. The van der Waals surface area contributed by atoms with Crippen molar-refractivity contribution in [3.8, 4) is 0 Å². The highest BCUT2D eigenvalue weighted by molar-refractivity contribution is 9.10. The van der Waals surface area contributed by atoms with Crippen LogP contribution in [0.25, 0.3) is 0 Å². The minimum atomic E-state index is 0.725. The minimum absolute atomic E-state index is 0.725. The molecule has 1 heterocycles. The summed E-state index contributed by atoms with van der Waals surface area (Å²) in [5.74, 6) is 0.874. The lowest BCUT2D eigenvalue weighted by atomic mass is 10.2. The number of aryl methyl sites for hydroxylation is 3. The SMILES string of the molecule is Cc1ccc(Br)c(NCc2c(C)noc2C)c1. The highest BCUT2D eigenvalue weighted by Gasteiger charge is 2.09. The molecule has 0 saturated carbocycles. The standard InChI is InChI=1S/C13H15BrN2O/c1-8-4-5-12(14)13(6-8)15-7-11-9(2)16-17-10(11)3/h4-6,15H,7H2,1-3H3. The van der Waals surface area contributed by atoms with E-state index in [0.29, 0.717) is 0 Å². The van der Waals surface area contributed by atoms with E-state index in [1.807, 2.05) is 19.9 Å². The van der Waals surface area contributed by atoms with Crippen LogP contribution >= 0.6 is 15.9 Å². The molecule has 0 amide bonds. The van der Waals surface area contributed by atoms with E-state index in [2.05, 4.69) is 45.5 Å². The van der Waals surface area contributed by atoms with E-state index in [0.717, 1.165) is 33.7 Å². The molecule has 4 heteroatoms. The van der Waals surface area contributed by atoms with E-state index in [9.17, 15) is 0 Å². The second kappa shape index (κ2) is 4.92. The van der Waals surface area contributed by atoms with Crippen LogP contribution in [0.1, 0.15) is 22.6 Å². The molecule has 2 aromatic rings. The predicted octanol–water partition coefficient (Wildman–Crippen LogP) is 3.97. The van der Waals surface area contributed by atoms with Gasteiger partial charge in [0.25, 0.3) is 0 Å². The number of anilines is 1. The number of benzene rings is 1. The third-order valence-electron chi connectivity index (χ3n) is 2.76. The van der Waals surface area contributed by atoms with Gasteiger partial charge in [-0.2, -0.15) is 0 Å². The number of hydrogen-bond donors (Lipinski definition) is 1. The molecule has 0 atom stereocenters. The zero-order valence-corrected chi connectivity index (χ0v) is 11.8. The Balaban J connectivity index is 2.15. The lowest BCUT2D eigenvalue weighted by Gasteiger charge is -2.09. The summed E-state index contributed by atoms with van der Waals surface area (Å²) in [6, 6.07) is 6.23. The van der Waals surface area contributed by atoms with Crippen molar-refractivity contribution >= 4 is 21.6 Å². The molecular formula is C13H15BrN2O. The largest absolute Gasteiger partial charge is 0.380 e. The Morgan fingerprint density at radius 2 is 2.06 bits per heavy atom. The van der Waals surface area contributed by atoms with Crippen LogP contribution in [0.15, 0.2) is 27.2 Å². The molecule has 0 fully saturated rings. The van der Waals surface area contributed by atoms with Gasteiger partial charge in [0.05, 0.1) is 5.69 Å². The van der Waals surface area contributed by atoms with Crippen LogP contribution in [0, 0.1) is 20.8 Å². The Bertz CT molecular complexity index is 515. The van der Waals surface area contributed by atoms with Crippen molar-refractivity contribution in [1.29, 1.82) is 0 Å². The van der Waals surface area contributed by atoms with E-state index in [-0.39, 0.29) is 0 Å². The average Bonchev–Trinajstić information content (AvgIpc) is 2.61. The number of nitrogens with zero attached hydrogens (tertiary/aromatic N) is 1. The Hall–Kier alpha value is -1.29. The summed E-state index contributed by atoms with van der Waals surface area (Å²) >= 11 is 3.53. The topological polar surface area (TPSA) is 38.1 Å². The molecule has 1 aromatic carbocycles. The fourth-order valence-electron chi connectivity index (χ4n) is 1.71. The monoisotopic (exact) mass is 294 g/mol. The molecule has 0 spiro atoms. The quantitative estimate of drug-likeness (QED) is 0.931. The minimum Gasteiger partial charge on any atom is -0.380 e. The molecule has 0 unspecified atom stereocenters. The van der Waals surface area contributed by atoms with Crippen LogP contribution in [0.3, 0.4) is 0 Å². The molecule has 0 bridgehead atoms. The third-order valence-corrected chi connectivity index (χ3v) is 3.45.